The molecule has 0 radical (unpaired) electrons. The summed E-state index contributed by atoms with van der Waals surface area (Å²) in [5, 5.41) is 7.65. The minimum Gasteiger partial charge on any atom is -0.469 e. The first-order valence-electron chi connectivity index (χ1n) is 26.6. The molecule has 1 N–H and O–H groups in total. The van der Waals surface area contributed by atoms with E-state index in [0.717, 1.165) is 41.9 Å². The van der Waals surface area contributed by atoms with Gasteiger partial charge in [0.2, 0.25) is 7.28 Å². The number of anilines is 5. The molecule has 1 aromatic heterocycles. The summed E-state index contributed by atoms with van der Waals surface area (Å²) in [5.41, 5.74) is 26.5. The van der Waals surface area contributed by atoms with Crippen LogP contribution in [0.5, 0.6) is 0 Å². The van der Waals surface area contributed by atoms with E-state index in [2.05, 4.69) is 232 Å². The highest BCUT2D eigenvalue weighted by Crippen LogP contribution is 2.59. The maximum atomic E-state index is 7.46. The van der Waals surface area contributed by atoms with Gasteiger partial charge in [-0.05, 0) is 186 Å². The molecule has 0 fully saturated rings. The Morgan fingerprint density at radius 3 is 1.74 bits per heavy atom. The molecule has 1 aliphatic heterocycles. The lowest BCUT2D eigenvalue weighted by Gasteiger charge is -2.44. The van der Waals surface area contributed by atoms with Gasteiger partial charge in [-0.1, -0.05) is 166 Å². The molecule has 4 aliphatic rings. The molecule has 0 unspecified atom stereocenters. The number of benzene rings is 8. The van der Waals surface area contributed by atoms with Crippen LogP contribution in [0, 0.1) is 6.92 Å². The van der Waals surface area contributed by atoms with Crippen molar-refractivity contribution in [2.75, 3.05) is 10.2 Å². The number of hydrogen-bond acceptors (Lipinski definition) is 3. The molecule has 0 saturated carbocycles. The normalized spacial score (nSPS) is 18.1. The van der Waals surface area contributed by atoms with Crippen molar-refractivity contribution in [1.82, 2.24) is 0 Å². The van der Waals surface area contributed by atoms with Crippen molar-refractivity contribution in [3.63, 3.8) is 0 Å². The highest BCUT2D eigenvalue weighted by Gasteiger charge is 2.46. The van der Waals surface area contributed by atoms with Crippen LogP contribution < -0.4 is 21.3 Å². The average Bonchev–Trinajstić information content (AvgIpc) is 3.84. The molecule has 0 atom stereocenters. The Hall–Kier alpha value is -6.78. The summed E-state index contributed by atoms with van der Waals surface area (Å²) in [6, 6.07) is 55.2. The number of furan rings is 1. The number of rotatable bonds is 5. The average molecular weight is 939 g/mol. The summed E-state index contributed by atoms with van der Waals surface area (Å²) in [6.45, 7) is 26.9. The molecule has 0 amide bonds. The van der Waals surface area contributed by atoms with Crippen molar-refractivity contribution in [1.29, 1.82) is 0 Å². The van der Waals surface area contributed by atoms with Crippen molar-refractivity contribution >= 4 is 68.6 Å². The standard InChI is InChI=1S/C68H67BN2O/c1-40-33-52-54(66(6,7)31-29-64(52,2)3)38-57(40)71-61-50-37-53-55(67(8,9)32-30-65(53,4)5)39-58(50)72-63(61)69-60-49(36-48-46-23-17-18-24-51(46)68(10,11)59(48)62(60)71)47-34-43-21-15-16-22-44(43)35-56(47)70-45-27-25-42(26-28-45)41-19-13-12-14-20-41/h12-28,33-39,69-70H,29-32H2,1-11H3. The Labute approximate surface area is 428 Å². The van der Waals surface area contributed by atoms with Crippen LogP contribution in [-0.2, 0) is 27.1 Å². The van der Waals surface area contributed by atoms with Crippen LogP contribution in [0.4, 0.5) is 28.4 Å². The minimum absolute atomic E-state index is 0.0200. The molecule has 0 spiro atoms. The molecule has 3 nitrogen and oxygen atoms in total. The van der Waals surface area contributed by atoms with Crippen molar-refractivity contribution in [3.8, 4) is 33.4 Å². The fourth-order valence-electron chi connectivity index (χ4n) is 13.7. The van der Waals surface area contributed by atoms with Crippen LogP contribution in [0.3, 0.4) is 0 Å². The Bertz CT molecular complexity index is 3730. The van der Waals surface area contributed by atoms with Gasteiger partial charge in [-0.15, -0.1) is 0 Å². The predicted octanol–water partition coefficient (Wildman–Crippen LogP) is 17.1. The van der Waals surface area contributed by atoms with Crippen LogP contribution >= 0.6 is 0 Å². The zero-order valence-corrected chi connectivity index (χ0v) is 44.2. The summed E-state index contributed by atoms with van der Waals surface area (Å²) in [5.74, 6) is 0. The fourth-order valence-corrected chi connectivity index (χ4v) is 13.7. The quantitative estimate of drug-likeness (QED) is 0.174. The van der Waals surface area contributed by atoms with Gasteiger partial charge in [0.05, 0.1) is 11.3 Å². The summed E-state index contributed by atoms with van der Waals surface area (Å²) in [7, 11) is 0.670. The highest BCUT2D eigenvalue weighted by atomic mass is 16.3. The van der Waals surface area contributed by atoms with Crippen LogP contribution in [0.2, 0.25) is 0 Å². The molecular weight excluding hydrogens is 872 g/mol. The van der Waals surface area contributed by atoms with E-state index in [1.165, 1.54) is 117 Å². The smallest absolute Gasteiger partial charge is 0.244 e. The van der Waals surface area contributed by atoms with Crippen molar-refractivity contribution < 1.29 is 4.42 Å². The lowest BCUT2D eigenvalue weighted by molar-refractivity contribution is 0.332. The van der Waals surface area contributed by atoms with Gasteiger partial charge in [-0.2, -0.15) is 0 Å². The second-order valence-corrected chi connectivity index (χ2v) is 25.2. The molecule has 4 heteroatoms. The summed E-state index contributed by atoms with van der Waals surface area (Å²) >= 11 is 0. The lowest BCUT2D eigenvalue weighted by Crippen LogP contribution is -2.42. The van der Waals surface area contributed by atoms with Crippen LogP contribution in [0.1, 0.15) is 134 Å². The fraction of sp³-hybridized carbons (Fsp3) is 0.294. The van der Waals surface area contributed by atoms with E-state index < -0.39 is 0 Å². The van der Waals surface area contributed by atoms with E-state index in [1.807, 2.05) is 0 Å². The number of aryl methyl sites for hydroxylation is 1. The Balaban J connectivity index is 1.13. The Morgan fingerprint density at radius 2 is 1.06 bits per heavy atom. The molecule has 358 valence electrons. The molecule has 0 saturated heterocycles. The maximum Gasteiger partial charge on any atom is 0.244 e. The number of nitrogens with zero attached hydrogens (tertiary/aromatic N) is 1. The van der Waals surface area contributed by atoms with Gasteiger partial charge in [0, 0.05) is 39.1 Å². The van der Waals surface area contributed by atoms with Gasteiger partial charge in [0.1, 0.15) is 5.58 Å². The van der Waals surface area contributed by atoms with Gasteiger partial charge in [-0.3, -0.25) is 0 Å². The van der Waals surface area contributed by atoms with Crippen LogP contribution in [0.25, 0.3) is 55.1 Å². The predicted molar refractivity (Wildman–Crippen MR) is 308 cm³/mol. The second-order valence-electron chi connectivity index (χ2n) is 25.2. The Morgan fingerprint density at radius 1 is 0.486 bits per heavy atom. The van der Waals surface area contributed by atoms with Crippen molar-refractivity contribution in [3.05, 3.63) is 185 Å². The number of fused-ring (bicyclic) bond motifs is 11. The van der Waals surface area contributed by atoms with Crippen LogP contribution in [-0.4, -0.2) is 7.28 Å². The molecular formula is C68H67BN2O. The third kappa shape index (κ3) is 6.69. The molecule has 2 heterocycles. The highest BCUT2D eigenvalue weighted by molar-refractivity contribution is 6.73. The molecule has 0 bridgehead atoms. The lowest BCUT2D eigenvalue weighted by atomic mass is 9.59. The van der Waals surface area contributed by atoms with Gasteiger partial charge in [-0.25, -0.2) is 0 Å². The Kier molecular flexibility index (Phi) is 9.63. The SMILES string of the molecule is Cc1cc2c(cc1N1c3c(c(-c4cc5ccccc5cc4Nc4ccc(-c5ccccc5)cc4)cc4c3C(C)(C)c3ccccc3-4)Bc3oc4cc5c(cc4c31)C(C)(C)CCC5(C)C)C(C)(C)CCC2(C)C. The third-order valence-corrected chi connectivity index (χ3v) is 18.3. The minimum atomic E-state index is -0.288. The first-order valence-corrected chi connectivity index (χ1v) is 26.6. The monoisotopic (exact) mass is 939 g/mol. The van der Waals surface area contributed by atoms with Gasteiger partial charge in [0.15, 0.2) is 0 Å². The van der Waals surface area contributed by atoms with E-state index in [9.17, 15) is 0 Å². The van der Waals surface area contributed by atoms with E-state index in [1.54, 1.807) is 0 Å². The van der Waals surface area contributed by atoms with Crippen molar-refractivity contribution in [2.45, 2.75) is 129 Å². The molecule has 9 aromatic rings. The zero-order valence-electron chi connectivity index (χ0n) is 44.2. The number of hydrogen-bond donors (Lipinski definition) is 1. The summed E-state index contributed by atoms with van der Waals surface area (Å²) < 4.78 is 7.46. The second kappa shape index (κ2) is 15.4. The molecule has 13 rings (SSSR count). The summed E-state index contributed by atoms with van der Waals surface area (Å²) in [4.78, 5) is 2.73. The van der Waals surface area contributed by atoms with Gasteiger partial charge in [0.25, 0.3) is 0 Å². The molecule has 3 aliphatic carbocycles. The first kappa shape index (κ1) is 45.1. The largest absolute Gasteiger partial charge is 0.469 e. The van der Waals surface area contributed by atoms with Gasteiger partial charge < -0.3 is 14.6 Å². The van der Waals surface area contributed by atoms with E-state index in [4.69, 9.17) is 4.42 Å². The number of nitrogens with one attached hydrogen (secondary N) is 1. The molecule has 72 heavy (non-hydrogen) atoms. The van der Waals surface area contributed by atoms with Crippen molar-refractivity contribution in [2.24, 2.45) is 0 Å². The zero-order chi connectivity index (χ0) is 49.9. The van der Waals surface area contributed by atoms with E-state index in [-0.39, 0.29) is 27.1 Å². The summed E-state index contributed by atoms with van der Waals surface area (Å²) in [6.07, 6.45) is 4.64. The van der Waals surface area contributed by atoms with E-state index >= 15 is 0 Å². The maximum absolute atomic E-state index is 7.46. The van der Waals surface area contributed by atoms with E-state index in [0.29, 0.717) is 7.28 Å². The first-order chi connectivity index (χ1) is 34.3. The van der Waals surface area contributed by atoms with Gasteiger partial charge >= 0.3 is 0 Å². The molecule has 8 aromatic carbocycles. The third-order valence-electron chi connectivity index (χ3n) is 18.3. The van der Waals surface area contributed by atoms with Crippen LogP contribution in [0.15, 0.2) is 150 Å². The topological polar surface area (TPSA) is 28.4 Å².